The minimum Gasteiger partial charge on any atom is -0.493 e. The molecule has 1 N–H and O–H groups in total. The van der Waals surface area contributed by atoms with Crippen molar-refractivity contribution in [2.45, 2.75) is 12.6 Å². The monoisotopic (exact) mass is 406 g/mol. The first-order valence-corrected chi connectivity index (χ1v) is 10.3. The Balaban J connectivity index is 1.63. The van der Waals surface area contributed by atoms with E-state index in [0.29, 0.717) is 18.1 Å². The molecule has 1 aliphatic heterocycles. The van der Waals surface area contributed by atoms with Crippen LogP contribution in [0.3, 0.4) is 0 Å². The normalized spacial score (nSPS) is 15.5. The van der Waals surface area contributed by atoms with Crippen LogP contribution < -0.4 is 14.8 Å². The smallest absolute Gasteiger partial charge is 0.161 e. The third-order valence-corrected chi connectivity index (χ3v) is 5.42. The molecule has 0 spiro atoms. The molecule has 0 amide bonds. The zero-order chi connectivity index (χ0) is 20.8. The maximum Gasteiger partial charge on any atom is 0.161 e. The van der Waals surface area contributed by atoms with Crippen LogP contribution in [-0.2, 0) is 6.61 Å². The van der Waals surface area contributed by atoms with Crippen molar-refractivity contribution >= 4 is 0 Å². The standard InChI is InChI=1S/C25H27FN2O2/c1-29-24-17-21(10-11-23(24)30-18-19-6-3-2-4-7-19)25(28-14-12-27-13-15-28)20-8-5-9-22(26)16-20/h2-11,16-17,25,27H,12-15,18H2,1H3. The fourth-order valence-corrected chi connectivity index (χ4v) is 3.94. The van der Waals surface area contributed by atoms with Gasteiger partial charge >= 0.3 is 0 Å². The van der Waals surface area contributed by atoms with E-state index in [1.165, 1.54) is 6.07 Å². The number of piperazine rings is 1. The lowest BCUT2D eigenvalue weighted by molar-refractivity contribution is 0.197. The Morgan fingerprint density at radius 1 is 0.900 bits per heavy atom. The van der Waals surface area contributed by atoms with E-state index in [2.05, 4.69) is 16.3 Å². The van der Waals surface area contributed by atoms with Gasteiger partial charge in [0.05, 0.1) is 13.2 Å². The van der Waals surface area contributed by atoms with Gasteiger partial charge in [0, 0.05) is 26.2 Å². The van der Waals surface area contributed by atoms with Gasteiger partial charge in [0.2, 0.25) is 0 Å². The van der Waals surface area contributed by atoms with Crippen LogP contribution in [-0.4, -0.2) is 38.2 Å². The van der Waals surface area contributed by atoms with Crippen molar-refractivity contribution in [3.05, 3.63) is 95.3 Å². The van der Waals surface area contributed by atoms with Crippen molar-refractivity contribution in [1.82, 2.24) is 10.2 Å². The zero-order valence-electron chi connectivity index (χ0n) is 17.2. The van der Waals surface area contributed by atoms with Crippen LogP contribution in [0.2, 0.25) is 0 Å². The molecule has 1 atom stereocenters. The van der Waals surface area contributed by atoms with E-state index in [0.717, 1.165) is 42.9 Å². The average Bonchev–Trinajstić information content (AvgIpc) is 2.80. The first kappa shape index (κ1) is 20.4. The summed E-state index contributed by atoms with van der Waals surface area (Å²) in [4.78, 5) is 2.38. The predicted molar refractivity (Wildman–Crippen MR) is 116 cm³/mol. The van der Waals surface area contributed by atoms with E-state index >= 15 is 0 Å². The summed E-state index contributed by atoms with van der Waals surface area (Å²) < 4.78 is 25.7. The molecular formula is C25H27FN2O2. The molecule has 30 heavy (non-hydrogen) atoms. The van der Waals surface area contributed by atoms with Gasteiger partial charge in [0.1, 0.15) is 12.4 Å². The van der Waals surface area contributed by atoms with Gasteiger partial charge in [-0.3, -0.25) is 4.90 Å². The Bertz CT molecular complexity index is 958. The molecule has 1 saturated heterocycles. The number of nitrogens with one attached hydrogen (secondary N) is 1. The van der Waals surface area contributed by atoms with Crippen LogP contribution in [0, 0.1) is 5.82 Å². The zero-order valence-corrected chi connectivity index (χ0v) is 17.2. The summed E-state index contributed by atoms with van der Waals surface area (Å²) in [7, 11) is 1.65. The van der Waals surface area contributed by atoms with Crippen molar-refractivity contribution in [1.29, 1.82) is 0 Å². The van der Waals surface area contributed by atoms with Crippen molar-refractivity contribution in [3.8, 4) is 11.5 Å². The Hall–Kier alpha value is -2.89. The van der Waals surface area contributed by atoms with E-state index in [9.17, 15) is 4.39 Å². The lowest BCUT2D eigenvalue weighted by Crippen LogP contribution is -2.45. The van der Waals surface area contributed by atoms with Gasteiger partial charge < -0.3 is 14.8 Å². The number of rotatable bonds is 7. The van der Waals surface area contributed by atoms with E-state index in [-0.39, 0.29) is 11.9 Å². The number of halogens is 1. The summed E-state index contributed by atoms with van der Waals surface area (Å²) in [6.07, 6.45) is 0. The largest absolute Gasteiger partial charge is 0.493 e. The van der Waals surface area contributed by atoms with Gasteiger partial charge in [-0.25, -0.2) is 4.39 Å². The van der Waals surface area contributed by atoms with Crippen LogP contribution in [0.4, 0.5) is 4.39 Å². The van der Waals surface area contributed by atoms with E-state index < -0.39 is 0 Å². The third kappa shape index (κ3) is 4.81. The van der Waals surface area contributed by atoms with Crippen LogP contribution in [0.25, 0.3) is 0 Å². The molecule has 1 unspecified atom stereocenters. The second-order valence-electron chi connectivity index (χ2n) is 7.43. The fraction of sp³-hybridized carbons (Fsp3) is 0.280. The summed E-state index contributed by atoms with van der Waals surface area (Å²) in [6, 6.07) is 22.9. The number of methoxy groups -OCH3 is 1. The second kappa shape index (κ2) is 9.74. The molecule has 0 radical (unpaired) electrons. The molecule has 5 heteroatoms. The fourth-order valence-electron chi connectivity index (χ4n) is 3.94. The molecule has 4 rings (SSSR count). The van der Waals surface area contributed by atoms with Gasteiger partial charge in [0.15, 0.2) is 11.5 Å². The number of benzene rings is 3. The highest BCUT2D eigenvalue weighted by atomic mass is 19.1. The molecule has 1 fully saturated rings. The first-order valence-electron chi connectivity index (χ1n) is 10.3. The molecule has 3 aromatic rings. The molecule has 0 saturated carbocycles. The Kier molecular flexibility index (Phi) is 6.62. The number of nitrogens with zero attached hydrogens (tertiary/aromatic N) is 1. The average molecular weight is 407 g/mol. The number of hydrogen-bond acceptors (Lipinski definition) is 4. The summed E-state index contributed by atoms with van der Waals surface area (Å²) in [5.41, 5.74) is 3.10. The Morgan fingerprint density at radius 2 is 1.67 bits per heavy atom. The van der Waals surface area contributed by atoms with Crippen molar-refractivity contribution in [2.75, 3.05) is 33.3 Å². The number of ether oxygens (including phenoxy) is 2. The van der Waals surface area contributed by atoms with E-state index in [4.69, 9.17) is 9.47 Å². The molecule has 0 aromatic heterocycles. The van der Waals surface area contributed by atoms with Crippen LogP contribution >= 0.6 is 0 Å². The molecule has 156 valence electrons. The quantitative estimate of drug-likeness (QED) is 0.630. The molecule has 0 bridgehead atoms. The molecule has 4 nitrogen and oxygen atoms in total. The second-order valence-corrected chi connectivity index (χ2v) is 7.43. The molecular weight excluding hydrogens is 379 g/mol. The highest BCUT2D eigenvalue weighted by Crippen LogP contribution is 2.36. The lowest BCUT2D eigenvalue weighted by Gasteiger charge is -2.35. The topological polar surface area (TPSA) is 33.7 Å². The first-order chi connectivity index (χ1) is 14.7. The third-order valence-electron chi connectivity index (χ3n) is 5.42. The Morgan fingerprint density at radius 3 is 2.40 bits per heavy atom. The van der Waals surface area contributed by atoms with Crippen LogP contribution in [0.1, 0.15) is 22.7 Å². The van der Waals surface area contributed by atoms with Crippen LogP contribution in [0.5, 0.6) is 11.5 Å². The maximum atomic E-state index is 14.0. The summed E-state index contributed by atoms with van der Waals surface area (Å²) in [5, 5.41) is 3.39. The van der Waals surface area contributed by atoms with Gasteiger partial charge in [-0.1, -0.05) is 48.5 Å². The van der Waals surface area contributed by atoms with Crippen molar-refractivity contribution in [3.63, 3.8) is 0 Å². The van der Waals surface area contributed by atoms with E-state index in [1.807, 2.05) is 48.5 Å². The number of hydrogen-bond donors (Lipinski definition) is 1. The summed E-state index contributed by atoms with van der Waals surface area (Å²) >= 11 is 0. The lowest BCUT2D eigenvalue weighted by atomic mass is 9.96. The highest BCUT2D eigenvalue weighted by molar-refractivity contribution is 5.46. The Labute approximate surface area is 177 Å². The van der Waals surface area contributed by atoms with Gasteiger partial charge in [-0.15, -0.1) is 0 Å². The SMILES string of the molecule is COc1cc(C(c2cccc(F)c2)N2CCNCC2)ccc1OCc1ccccc1. The summed E-state index contributed by atoms with van der Waals surface area (Å²) in [6.45, 7) is 4.11. The highest BCUT2D eigenvalue weighted by Gasteiger charge is 2.25. The van der Waals surface area contributed by atoms with Crippen molar-refractivity contribution in [2.24, 2.45) is 0 Å². The predicted octanol–water partition coefficient (Wildman–Crippen LogP) is 4.41. The molecule has 3 aromatic carbocycles. The molecule has 1 aliphatic rings. The maximum absolute atomic E-state index is 14.0. The summed E-state index contributed by atoms with van der Waals surface area (Å²) in [5.74, 6) is 1.16. The van der Waals surface area contributed by atoms with E-state index in [1.54, 1.807) is 19.2 Å². The van der Waals surface area contributed by atoms with Crippen LogP contribution in [0.15, 0.2) is 72.8 Å². The molecule has 1 heterocycles. The van der Waals surface area contributed by atoms with Gasteiger partial charge in [-0.05, 0) is 41.0 Å². The van der Waals surface area contributed by atoms with Crippen molar-refractivity contribution < 1.29 is 13.9 Å². The van der Waals surface area contributed by atoms with Gasteiger partial charge in [0.25, 0.3) is 0 Å². The minimum atomic E-state index is -0.220. The van der Waals surface area contributed by atoms with Gasteiger partial charge in [-0.2, -0.15) is 0 Å². The molecule has 0 aliphatic carbocycles. The minimum absolute atomic E-state index is 0.0418.